The first-order chi connectivity index (χ1) is 10.0. The van der Waals surface area contributed by atoms with Crippen molar-refractivity contribution in [1.82, 2.24) is 14.5 Å². The minimum atomic E-state index is 0.170. The minimum Gasteiger partial charge on any atom is -0.337 e. The van der Waals surface area contributed by atoms with E-state index in [1.807, 2.05) is 37.9 Å². The molecular weight excluding hydrogens is 282 g/mol. The Morgan fingerprint density at radius 2 is 2.19 bits per heavy atom. The molecule has 1 aliphatic rings. The summed E-state index contributed by atoms with van der Waals surface area (Å²) >= 11 is 1.58. The van der Waals surface area contributed by atoms with Gasteiger partial charge in [0.05, 0.1) is 10.6 Å². The van der Waals surface area contributed by atoms with Crippen LogP contribution in [0.3, 0.4) is 0 Å². The van der Waals surface area contributed by atoms with Gasteiger partial charge in [0.1, 0.15) is 5.82 Å². The molecule has 0 radical (unpaired) electrons. The zero-order chi connectivity index (χ0) is 15.0. The van der Waals surface area contributed by atoms with Gasteiger partial charge in [-0.2, -0.15) is 0 Å². The molecule has 3 heterocycles. The monoisotopic (exact) mass is 303 g/mol. The number of likely N-dealkylation sites (tertiary alicyclic amines) is 1. The first-order valence-corrected chi connectivity index (χ1v) is 8.22. The van der Waals surface area contributed by atoms with Crippen molar-refractivity contribution in [3.05, 3.63) is 39.6 Å². The van der Waals surface area contributed by atoms with Gasteiger partial charge in [-0.15, -0.1) is 11.3 Å². The molecule has 2 aromatic heterocycles. The van der Waals surface area contributed by atoms with Gasteiger partial charge in [-0.25, -0.2) is 4.98 Å². The maximum absolute atomic E-state index is 12.6. The van der Waals surface area contributed by atoms with E-state index in [0.717, 1.165) is 42.3 Å². The van der Waals surface area contributed by atoms with Gasteiger partial charge in [-0.05, 0) is 38.8 Å². The number of nitrogens with zero attached hydrogens (tertiary/aromatic N) is 3. The number of hydrogen-bond acceptors (Lipinski definition) is 3. The molecule has 1 fully saturated rings. The Morgan fingerprint density at radius 1 is 1.38 bits per heavy atom. The Morgan fingerprint density at radius 3 is 2.81 bits per heavy atom. The molecule has 1 amide bonds. The molecule has 1 atom stereocenters. The first-order valence-electron chi connectivity index (χ1n) is 7.40. The third-order valence-electron chi connectivity index (χ3n) is 4.06. The van der Waals surface area contributed by atoms with Crippen LogP contribution in [-0.2, 0) is 7.05 Å². The number of carbonyl (C=O) groups excluding carboxylic acids is 1. The highest BCUT2D eigenvalue weighted by molar-refractivity contribution is 7.13. The normalized spacial score (nSPS) is 19.0. The van der Waals surface area contributed by atoms with Gasteiger partial charge in [0.25, 0.3) is 5.91 Å². The summed E-state index contributed by atoms with van der Waals surface area (Å²) in [6.07, 6.45) is 4.21. The summed E-state index contributed by atoms with van der Waals surface area (Å²) in [7, 11) is 2.04. The van der Waals surface area contributed by atoms with Crippen LogP contribution in [0.2, 0.25) is 0 Å². The molecule has 21 heavy (non-hydrogen) atoms. The van der Waals surface area contributed by atoms with Crippen LogP contribution in [0.4, 0.5) is 0 Å². The molecule has 5 heteroatoms. The predicted molar refractivity (Wildman–Crippen MR) is 84.9 cm³/mol. The van der Waals surface area contributed by atoms with Gasteiger partial charge < -0.3 is 9.47 Å². The third kappa shape index (κ3) is 2.88. The molecule has 0 saturated carbocycles. The molecule has 0 N–H and O–H groups in total. The van der Waals surface area contributed by atoms with E-state index < -0.39 is 0 Å². The minimum absolute atomic E-state index is 0.170. The maximum atomic E-state index is 12.6. The number of thiophene rings is 1. The molecule has 0 aliphatic carbocycles. The van der Waals surface area contributed by atoms with Crippen molar-refractivity contribution in [2.75, 3.05) is 13.1 Å². The third-order valence-corrected chi connectivity index (χ3v) is 5.05. The molecule has 3 rings (SSSR count). The fraction of sp³-hybridized carbons (Fsp3) is 0.500. The highest BCUT2D eigenvalue weighted by atomic mass is 32.1. The zero-order valence-electron chi connectivity index (χ0n) is 12.8. The molecular formula is C16H21N3OS. The number of carbonyl (C=O) groups is 1. The Bertz CT molecular complexity index is 658. The summed E-state index contributed by atoms with van der Waals surface area (Å²) in [5.41, 5.74) is 1.05. The van der Waals surface area contributed by atoms with Crippen molar-refractivity contribution in [1.29, 1.82) is 0 Å². The number of amides is 1. The van der Waals surface area contributed by atoms with E-state index in [1.54, 1.807) is 11.3 Å². The topological polar surface area (TPSA) is 38.1 Å². The van der Waals surface area contributed by atoms with E-state index in [2.05, 4.69) is 15.7 Å². The van der Waals surface area contributed by atoms with E-state index in [1.165, 1.54) is 4.88 Å². The SMILES string of the molecule is Cc1cn(C)c([C@@H]2CCCN(C(=O)c3ccc(C)s3)C2)n1. The van der Waals surface area contributed by atoms with Crippen LogP contribution in [0.15, 0.2) is 18.3 Å². The lowest BCUT2D eigenvalue weighted by atomic mass is 9.97. The van der Waals surface area contributed by atoms with Gasteiger partial charge in [-0.3, -0.25) is 4.79 Å². The Balaban J connectivity index is 1.77. The molecule has 1 aliphatic heterocycles. The van der Waals surface area contributed by atoms with E-state index in [0.29, 0.717) is 5.92 Å². The van der Waals surface area contributed by atoms with Gasteiger partial charge >= 0.3 is 0 Å². The largest absolute Gasteiger partial charge is 0.337 e. The second-order valence-electron chi connectivity index (χ2n) is 5.85. The van der Waals surface area contributed by atoms with Crippen LogP contribution in [0, 0.1) is 13.8 Å². The van der Waals surface area contributed by atoms with Gasteiger partial charge in [-0.1, -0.05) is 0 Å². The summed E-state index contributed by atoms with van der Waals surface area (Å²) in [6.45, 7) is 5.69. The van der Waals surface area contributed by atoms with Crippen molar-refractivity contribution in [3.63, 3.8) is 0 Å². The van der Waals surface area contributed by atoms with Crippen molar-refractivity contribution in [2.45, 2.75) is 32.6 Å². The predicted octanol–water partition coefficient (Wildman–Crippen LogP) is 3.12. The van der Waals surface area contributed by atoms with Crippen LogP contribution in [-0.4, -0.2) is 33.4 Å². The van der Waals surface area contributed by atoms with Crippen molar-refractivity contribution >= 4 is 17.2 Å². The second kappa shape index (κ2) is 5.64. The molecule has 0 unspecified atom stereocenters. The van der Waals surface area contributed by atoms with Crippen LogP contribution in [0.5, 0.6) is 0 Å². The van der Waals surface area contributed by atoms with E-state index in [9.17, 15) is 4.79 Å². The average molecular weight is 303 g/mol. The smallest absolute Gasteiger partial charge is 0.263 e. The summed E-state index contributed by atoms with van der Waals surface area (Å²) in [5.74, 6) is 1.62. The van der Waals surface area contributed by atoms with E-state index >= 15 is 0 Å². The van der Waals surface area contributed by atoms with Crippen LogP contribution < -0.4 is 0 Å². The van der Waals surface area contributed by atoms with Gasteiger partial charge in [0.15, 0.2) is 0 Å². The number of imidazole rings is 1. The fourth-order valence-corrected chi connectivity index (χ4v) is 3.93. The lowest BCUT2D eigenvalue weighted by molar-refractivity contribution is 0.0708. The quantitative estimate of drug-likeness (QED) is 0.855. The Kier molecular flexibility index (Phi) is 3.85. The highest BCUT2D eigenvalue weighted by Gasteiger charge is 2.28. The number of aryl methyl sites for hydroxylation is 3. The van der Waals surface area contributed by atoms with Crippen LogP contribution in [0.25, 0.3) is 0 Å². The van der Waals surface area contributed by atoms with Crippen LogP contribution >= 0.6 is 11.3 Å². The Hall–Kier alpha value is -1.62. The number of piperidine rings is 1. The van der Waals surface area contributed by atoms with Gasteiger partial charge in [0.2, 0.25) is 0 Å². The summed E-state index contributed by atoms with van der Waals surface area (Å²) in [4.78, 5) is 21.2. The van der Waals surface area contributed by atoms with Crippen molar-refractivity contribution < 1.29 is 4.79 Å². The molecule has 2 aromatic rings. The molecule has 0 bridgehead atoms. The molecule has 1 saturated heterocycles. The van der Waals surface area contributed by atoms with Crippen molar-refractivity contribution in [2.24, 2.45) is 7.05 Å². The summed E-state index contributed by atoms with van der Waals surface area (Å²) in [5, 5.41) is 0. The van der Waals surface area contributed by atoms with Crippen LogP contribution in [0.1, 0.15) is 44.8 Å². The number of aromatic nitrogens is 2. The zero-order valence-corrected chi connectivity index (χ0v) is 13.6. The average Bonchev–Trinajstić information content (AvgIpc) is 3.04. The lowest BCUT2D eigenvalue weighted by Gasteiger charge is -2.32. The molecule has 112 valence electrons. The standard InChI is InChI=1S/C16H21N3OS/c1-11-9-18(3)15(17-11)13-5-4-8-19(10-13)16(20)14-7-6-12(2)21-14/h6-7,9,13H,4-5,8,10H2,1-3H3/t13-/m1/s1. The Labute approximate surface area is 129 Å². The molecule has 4 nitrogen and oxygen atoms in total. The van der Waals surface area contributed by atoms with E-state index in [4.69, 9.17) is 0 Å². The first kappa shape index (κ1) is 14.3. The van der Waals surface area contributed by atoms with Gasteiger partial charge in [0, 0.05) is 37.1 Å². The summed E-state index contributed by atoms with van der Waals surface area (Å²) < 4.78 is 2.10. The number of rotatable bonds is 2. The molecule has 0 aromatic carbocycles. The highest BCUT2D eigenvalue weighted by Crippen LogP contribution is 2.28. The van der Waals surface area contributed by atoms with E-state index in [-0.39, 0.29) is 5.91 Å². The second-order valence-corrected chi connectivity index (χ2v) is 7.14. The number of hydrogen-bond donors (Lipinski definition) is 0. The lowest BCUT2D eigenvalue weighted by Crippen LogP contribution is -2.39. The summed E-state index contributed by atoms with van der Waals surface area (Å²) in [6, 6.07) is 3.96. The molecule has 0 spiro atoms. The maximum Gasteiger partial charge on any atom is 0.263 e. The van der Waals surface area contributed by atoms with Crippen molar-refractivity contribution in [3.8, 4) is 0 Å². The fourth-order valence-electron chi connectivity index (χ4n) is 3.09.